The van der Waals surface area contributed by atoms with Crippen LogP contribution in [0.5, 0.6) is 11.5 Å². The van der Waals surface area contributed by atoms with Crippen LogP contribution in [0.4, 0.5) is 10.5 Å². The predicted molar refractivity (Wildman–Crippen MR) is 132 cm³/mol. The zero-order chi connectivity index (χ0) is 23.0. The van der Waals surface area contributed by atoms with Crippen LogP contribution in [0.1, 0.15) is 24.0 Å². The van der Waals surface area contributed by atoms with Gasteiger partial charge < -0.3 is 20.5 Å². The standard InChI is InChI=1S/C27H31N3O3/c1-32-24-6-4-5-22(17-24)23-11-12-26(25(28)18-23)33-27(31)29-14-13-20-7-9-21(10-8-20)19-30-15-2-3-16-30/h4-12,17-18H,2-3,13-16,19,28H2,1H3,(H,29,31). The zero-order valence-electron chi connectivity index (χ0n) is 19.0. The third-order valence-corrected chi connectivity index (χ3v) is 5.93. The number of ether oxygens (including phenoxy) is 2. The molecule has 1 fully saturated rings. The number of nitrogens with one attached hydrogen (secondary N) is 1. The molecule has 0 bridgehead atoms. The molecule has 4 rings (SSSR count). The van der Waals surface area contributed by atoms with Crippen LogP contribution in [0.25, 0.3) is 11.1 Å². The first-order valence-corrected chi connectivity index (χ1v) is 11.4. The van der Waals surface area contributed by atoms with Crippen LogP contribution in [0.15, 0.2) is 66.7 Å². The van der Waals surface area contributed by atoms with Gasteiger partial charge >= 0.3 is 6.09 Å². The third-order valence-electron chi connectivity index (χ3n) is 5.93. The molecule has 0 saturated carbocycles. The lowest BCUT2D eigenvalue weighted by Crippen LogP contribution is -2.29. The Morgan fingerprint density at radius 1 is 0.970 bits per heavy atom. The number of methoxy groups -OCH3 is 1. The van der Waals surface area contributed by atoms with Gasteiger partial charge in [-0.15, -0.1) is 0 Å². The number of hydrogen-bond acceptors (Lipinski definition) is 5. The lowest BCUT2D eigenvalue weighted by Gasteiger charge is -2.14. The molecular weight excluding hydrogens is 414 g/mol. The van der Waals surface area contributed by atoms with Gasteiger partial charge in [-0.05, 0) is 78.9 Å². The number of rotatable bonds is 8. The Bertz CT molecular complexity index is 1080. The Morgan fingerprint density at radius 2 is 1.70 bits per heavy atom. The first-order chi connectivity index (χ1) is 16.1. The number of hydrogen-bond donors (Lipinski definition) is 2. The number of nitrogens with two attached hydrogens (primary N) is 1. The van der Waals surface area contributed by atoms with Crippen LogP contribution >= 0.6 is 0 Å². The maximum atomic E-state index is 12.2. The Labute approximate surface area is 195 Å². The second-order valence-corrected chi connectivity index (χ2v) is 8.35. The average molecular weight is 446 g/mol. The van der Waals surface area contributed by atoms with Crippen molar-refractivity contribution in [1.29, 1.82) is 0 Å². The topological polar surface area (TPSA) is 76.8 Å². The molecule has 1 amide bonds. The zero-order valence-corrected chi connectivity index (χ0v) is 19.0. The fourth-order valence-corrected chi connectivity index (χ4v) is 4.08. The van der Waals surface area contributed by atoms with E-state index in [4.69, 9.17) is 15.2 Å². The van der Waals surface area contributed by atoms with E-state index in [-0.39, 0.29) is 0 Å². The molecule has 172 valence electrons. The minimum absolute atomic E-state index is 0.338. The van der Waals surface area contributed by atoms with Crippen molar-refractivity contribution in [1.82, 2.24) is 10.2 Å². The molecule has 33 heavy (non-hydrogen) atoms. The van der Waals surface area contributed by atoms with Gasteiger partial charge in [-0.25, -0.2) is 4.79 Å². The number of benzene rings is 3. The van der Waals surface area contributed by atoms with Crippen molar-refractivity contribution >= 4 is 11.8 Å². The molecule has 1 aliphatic rings. The van der Waals surface area contributed by atoms with Gasteiger partial charge in [-0.1, -0.05) is 42.5 Å². The molecule has 6 heteroatoms. The van der Waals surface area contributed by atoms with Crippen molar-refractivity contribution < 1.29 is 14.3 Å². The maximum Gasteiger partial charge on any atom is 0.412 e. The molecule has 1 saturated heterocycles. The number of carbonyl (C=O) groups is 1. The van der Waals surface area contributed by atoms with E-state index in [1.54, 1.807) is 19.2 Å². The van der Waals surface area contributed by atoms with E-state index in [0.29, 0.717) is 18.0 Å². The quantitative estimate of drug-likeness (QED) is 0.484. The Balaban J connectivity index is 1.25. The van der Waals surface area contributed by atoms with Gasteiger partial charge in [0.1, 0.15) is 5.75 Å². The summed E-state index contributed by atoms with van der Waals surface area (Å²) in [6, 6.07) is 21.7. The monoisotopic (exact) mass is 445 g/mol. The molecule has 3 N–H and O–H groups in total. The number of nitrogens with zero attached hydrogens (tertiary/aromatic N) is 1. The van der Waals surface area contributed by atoms with Crippen LogP contribution in [0.2, 0.25) is 0 Å². The van der Waals surface area contributed by atoms with Crippen LogP contribution in [-0.4, -0.2) is 37.7 Å². The summed E-state index contributed by atoms with van der Waals surface area (Å²) in [5.41, 5.74) is 10.9. The summed E-state index contributed by atoms with van der Waals surface area (Å²) >= 11 is 0. The Kier molecular flexibility index (Phi) is 7.47. The highest BCUT2D eigenvalue weighted by Crippen LogP contribution is 2.30. The summed E-state index contributed by atoms with van der Waals surface area (Å²) in [6.45, 7) is 3.90. The normalized spacial score (nSPS) is 13.6. The predicted octanol–water partition coefficient (Wildman–Crippen LogP) is 4.87. The number of amides is 1. The van der Waals surface area contributed by atoms with Gasteiger partial charge in [0.05, 0.1) is 12.8 Å². The van der Waals surface area contributed by atoms with Crippen molar-refractivity contribution in [3.63, 3.8) is 0 Å². The van der Waals surface area contributed by atoms with Crippen molar-refractivity contribution in [3.8, 4) is 22.6 Å². The van der Waals surface area contributed by atoms with Gasteiger partial charge in [-0.2, -0.15) is 0 Å². The van der Waals surface area contributed by atoms with E-state index in [9.17, 15) is 4.79 Å². The fraction of sp³-hybridized carbons (Fsp3) is 0.296. The molecule has 1 heterocycles. The van der Waals surface area contributed by atoms with E-state index < -0.39 is 6.09 Å². The van der Waals surface area contributed by atoms with Gasteiger partial charge in [0.25, 0.3) is 0 Å². The molecule has 0 aliphatic carbocycles. The van der Waals surface area contributed by atoms with Crippen LogP contribution < -0.4 is 20.5 Å². The molecule has 0 aromatic heterocycles. The first kappa shape index (κ1) is 22.7. The van der Waals surface area contributed by atoms with E-state index in [2.05, 4.69) is 34.5 Å². The molecule has 0 radical (unpaired) electrons. The summed E-state index contributed by atoms with van der Waals surface area (Å²) in [6.07, 6.45) is 2.83. The van der Waals surface area contributed by atoms with Crippen LogP contribution in [-0.2, 0) is 13.0 Å². The summed E-state index contributed by atoms with van der Waals surface area (Å²) < 4.78 is 10.7. The van der Waals surface area contributed by atoms with Gasteiger partial charge in [0, 0.05) is 13.1 Å². The van der Waals surface area contributed by atoms with Gasteiger partial charge in [0.2, 0.25) is 0 Å². The lowest BCUT2D eigenvalue weighted by atomic mass is 10.0. The van der Waals surface area contributed by atoms with Crippen molar-refractivity contribution in [3.05, 3.63) is 77.9 Å². The fourth-order valence-electron chi connectivity index (χ4n) is 4.08. The summed E-state index contributed by atoms with van der Waals surface area (Å²) in [4.78, 5) is 14.7. The van der Waals surface area contributed by atoms with Crippen molar-refractivity contribution in [2.75, 3.05) is 32.5 Å². The minimum Gasteiger partial charge on any atom is -0.497 e. The highest BCUT2D eigenvalue weighted by Gasteiger charge is 2.12. The number of carbonyl (C=O) groups excluding carboxylic acids is 1. The highest BCUT2D eigenvalue weighted by atomic mass is 16.6. The largest absolute Gasteiger partial charge is 0.497 e. The lowest BCUT2D eigenvalue weighted by molar-refractivity contribution is 0.201. The second kappa shape index (κ2) is 10.9. The molecule has 0 atom stereocenters. The number of likely N-dealkylation sites (tertiary alicyclic amines) is 1. The second-order valence-electron chi connectivity index (χ2n) is 8.35. The van der Waals surface area contributed by atoms with Gasteiger partial charge in [-0.3, -0.25) is 4.90 Å². The average Bonchev–Trinajstić information content (AvgIpc) is 3.34. The molecular formula is C27H31N3O3. The van der Waals surface area contributed by atoms with Crippen molar-refractivity contribution in [2.45, 2.75) is 25.8 Å². The molecule has 0 unspecified atom stereocenters. The molecule has 0 spiro atoms. The van der Waals surface area contributed by atoms with Gasteiger partial charge in [0.15, 0.2) is 5.75 Å². The smallest absolute Gasteiger partial charge is 0.412 e. The van der Waals surface area contributed by atoms with E-state index >= 15 is 0 Å². The molecule has 6 nitrogen and oxygen atoms in total. The molecule has 3 aromatic rings. The first-order valence-electron chi connectivity index (χ1n) is 11.4. The summed E-state index contributed by atoms with van der Waals surface area (Å²) in [7, 11) is 1.63. The van der Waals surface area contributed by atoms with E-state index in [1.165, 1.54) is 37.1 Å². The third kappa shape index (κ3) is 6.26. The Morgan fingerprint density at radius 3 is 2.42 bits per heavy atom. The molecule has 1 aliphatic heterocycles. The van der Waals surface area contributed by atoms with Crippen molar-refractivity contribution in [2.24, 2.45) is 0 Å². The maximum absolute atomic E-state index is 12.2. The van der Waals surface area contributed by atoms with Crippen LogP contribution in [0.3, 0.4) is 0 Å². The summed E-state index contributed by atoms with van der Waals surface area (Å²) in [5.74, 6) is 1.11. The minimum atomic E-state index is -0.513. The summed E-state index contributed by atoms with van der Waals surface area (Å²) in [5, 5.41) is 2.80. The number of nitrogen functional groups attached to an aromatic ring is 1. The van der Waals surface area contributed by atoms with E-state index in [0.717, 1.165) is 29.8 Å². The van der Waals surface area contributed by atoms with E-state index in [1.807, 2.05) is 30.3 Å². The highest BCUT2D eigenvalue weighted by molar-refractivity contribution is 5.76. The number of anilines is 1. The Hall–Kier alpha value is -3.51. The SMILES string of the molecule is COc1cccc(-c2ccc(OC(=O)NCCc3ccc(CN4CCCC4)cc3)c(N)c2)c1. The molecule has 3 aromatic carbocycles. The van der Waals surface area contributed by atoms with Crippen LogP contribution in [0, 0.1) is 0 Å².